The summed E-state index contributed by atoms with van der Waals surface area (Å²) in [6.07, 6.45) is 5.81. The predicted molar refractivity (Wildman–Crippen MR) is 135 cm³/mol. The van der Waals surface area contributed by atoms with Gasteiger partial charge in [-0.05, 0) is 41.8 Å². The van der Waals surface area contributed by atoms with Crippen LogP contribution in [0.1, 0.15) is 17.7 Å². The van der Waals surface area contributed by atoms with Crippen molar-refractivity contribution >= 4 is 29.5 Å². The van der Waals surface area contributed by atoms with Gasteiger partial charge in [0.2, 0.25) is 6.29 Å². The Morgan fingerprint density at radius 2 is 2.03 bits per heavy atom. The highest BCUT2D eigenvalue weighted by atomic mass is 16.5. The quantitative estimate of drug-likeness (QED) is 0.622. The van der Waals surface area contributed by atoms with Gasteiger partial charge in [-0.15, -0.1) is 0 Å². The van der Waals surface area contributed by atoms with Crippen molar-refractivity contribution < 1.29 is 13.9 Å². The number of urea groups is 1. The fourth-order valence-electron chi connectivity index (χ4n) is 5.00. The largest absolute Gasteiger partial charge is 0.497 e. The Bertz CT molecular complexity index is 1280. The van der Waals surface area contributed by atoms with Gasteiger partial charge in [0.15, 0.2) is 11.6 Å². The number of nitrogens with zero attached hydrogens (tertiary/aromatic N) is 7. The molecule has 1 aromatic carbocycles. The number of carbonyl (C=O) groups excluding carboxylic acids is 1. The molecule has 2 amide bonds. The molecule has 4 aliphatic heterocycles. The van der Waals surface area contributed by atoms with E-state index in [0.29, 0.717) is 29.5 Å². The number of ether oxygens (including phenoxy) is 1. The van der Waals surface area contributed by atoms with Crippen molar-refractivity contribution in [3.8, 4) is 5.75 Å². The maximum atomic E-state index is 13.2. The lowest BCUT2D eigenvalue weighted by atomic mass is 9.99. The summed E-state index contributed by atoms with van der Waals surface area (Å²) in [6, 6.07) is 11.7. The molecular formula is C25H28N8O3. The Balaban J connectivity index is 1.17. The molecule has 11 heteroatoms. The minimum absolute atomic E-state index is 0.112. The van der Waals surface area contributed by atoms with Crippen molar-refractivity contribution in [2.75, 3.05) is 40.3 Å². The normalized spacial score (nSPS) is 21.8. The minimum atomic E-state index is -0.514. The average molecular weight is 489 g/mol. The zero-order valence-corrected chi connectivity index (χ0v) is 20.2. The van der Waals surface area contributed by atoms with E-state index in [1.54, 1.807) is 36.4 Å². The summed E-state index contributed by atoms with van der Waals surface area (Å²) < 4.78 is 10.8. The molecular weight excluding hydrogens is 460 g/mol. The number of hydrogen-bond acceptors (Lipinski definition) is 9. The van der Waals surface area contributed by atoms with Gasteiger partial charge in [-0.3, -0.25) is 9.80 Å². The lowest BCUT2D eigenvalue weighted by Gasteiger charge is -2.29. The first-order valence-corrected chi connectivity index (χ1v) is 11.9. The smallest absolute Gasteiger partial charge is 0.341 e. The summed E-state index contributed by atoms with van der Waals surface area (Å²) >= 11 is 0. The number of amidine groups is 1. The summed E-state index contributed by atoms with van der Waals surface area (Å²) in [7, 11) is 3.42. The average Bonchev–Trinajstić information content (AvgIpc) is 3.63. The Labute approximate surface area is 208 Å². The van der Waals surface area contributed by atoms with E-state index in [0.717, 1.165) is 31.8 Å². The highest BCUT2D eigenvalue weighted by Crippen LogP contribution is 2.38. The SMILES string of the molecule is COc1ccc(C2=CCN(CCN3C(=O)N(C)N4C5=C(c6ccco6)N=CN(N)C5=NC34)CC2)cc1. The van der Waals surface area contributed by atoms with Gasteiger partial charge in [-0.1, -0.05) is 18.2 Å². The number of benzene rings is 1. The number of fused-ring (bicyclic) bond motifs is 3. The third-order valence-electron chi connectivity index (χ3n) is 6.97. The Morgan fingerprint density at radius 1 is 1.19 bits per heavy atom. The molecule has 1 unspecified atom stereocenters. The van der Waals surface area contributed by atoms with Crippen molar-refractivity contribution in [3.05, 3.63) is 65.8 Å². The second-order valence-corrected chi connectivity index (χ2v) is 8.98. The number of rotatable bonds is 6. The monoisotopic (exact) mass is 488 g/mol. The second-order valence-electron chi connectivity index (χ2n) is 8.98. The zero-order chi connectivity index (χ0) is 24.8. The Hall–Kier alpha value is -4.09. The fraction of sp³-hybridized carbons (Fsp3) is 0.320. The number of hydrazine groups is 2. The number of furan rings is 1. The Kier molecular flexibility index (Phi) is 5.50. The van der Waals surface area contributed by atoms with Crippen LogP contribution in [0, 0.1) is 0 Å². The molecule has 1 aromatic heterocycles. The summed E-state index contributed by atoms with van der Waals surface area (Å²) in [5.74, 6) is 8.15. The van der Waals surface area contributed by atoms with E-state index in [2.05, 4.69) is 28.1 Å². The van der Waals surface area contributed by atoms with E-state index in [9.17, 15) is 4.79 Å². The maximum Gasteiger partial charge on any atom is 0.341 e. The summed E-state index contributed by atoms with van der Waals surface area (Å²) in [5, 5.41) is 4.79. The second kappa shape index (κ2) is 8.85. The molecule has 186 valence electrons. The maximum absolute atomic E-state index is 13.2. The summed E-state index contributed by atoms with van der Waals surface area (Å²) in [5.41, 5.74) is 3.81. The van der Waals surface area contributed by atoms with Gasteiger partial charge < -0.3 is 9.15 Å². The van der Waals surface area contributed by atoms with Crippen LogP contribution in [0.25, 0.3) is 11.3 Å². The number of hydrogen-bond donors (Lipinski definition) is 1. The number of amides is 2. The van der Waals surface area contributed by atoms with E-state index in [-0.39, 0.29) is 6.03 Å². The van der Waals surface area contributed by atoms with Crippen LogP contribution in [0.2, 0.25) is 0 Å². The molecule has 0 radical (unpaired) electrons. The molecule has 6 rings (SSSR count). The van der Waals surface area contributed by atoms with Crippen LogP contribution in [0.3, 0.4) is 0 Å². The number of aliphatic imine (C=N–C) groups is 2. The first-order chi connectivity index (χ1) is 17.5. The highest BCUT2D eigenvalue weighted by molar-refractivity contribution is 6.12. The van der Waals surface area contributed by atoms with Gasteiger partial charge >= 0.3 is 6.03 Å². The van der Waals surface area contributed by atoms with E-state index >= 15 is 0 Å². The van der Waals surface area contributed by atoms with Crippen molar-refractivity contribution in [3.63, 3.8) is 0 Å². The topological polar surface area (TPSA) is 106 Å². The van der Waals surface area contributed by atoms with Crippen LogP contribution in [0.15, 0.2) is 68.8 Å². The molecule has 11 nitrogen and oxygen atoms in total. The summed E-state index contributed by atoms with van der Waals surface area (Å²) in [6.45, 7) is 3.05. The zero-order valence-electron chi connectivity index (χ0n) is 20.2. The molecule has 2 aromatic rings. The van der Waals surface area contributed by atoms with Crippen LogP contribution >= 0.6 is 0 Å². The van der Waals surface area contributed by atoms with E-state index < -0.39 is 6.29 Å². The molecule has 1 fully saturated rings. The molecule has 1 saturated heterocycles. The van der Waals surface area contributed by atoms with E-state index in [1.807, 2.05) is 23.2 Å². The van der Waals surface area contributed by atoms with E-state index in [1.165, 1.54) is 22.5 Å². The molecule has 0 bridgehead atoms. The number of methoxy groups -OCH3 is 1. The number of carbonyl (C=O) groups is 1. The first-order valence-electron chi connectivity index (χ1n) is 11.9. The molecule has 0 spiro atoms. The lowest BCUT2D eigenvalue weighted by Crippen LogP contribution is -2.44. The van der Waals surface area contributed by atoms with Gasteiger partial charge in [-0.2, -0.15) is 0 Å². The van der Waals surface area contributed by atoms with Gasteiger partial charge in [0.05, 0.1) is 13.4 Å². The van der Waals surface area contributed by atoms with Gasteiger partial charge in [-0.25, -0.2) is 35.6 Å². The highest BCUT2D eigenvalue weighted by Gasteiger charge is 2.51. The van der Waals surface area contributed by atoms with Gasteiger partial charge in [0.1, 0.15) is 23.5 Å². The van der Waals surface area contributed by atoms with Crippen LogP contribution in [0.4, 0.5) is 4.79 Å². The molecule has 2 N–H and O–H groups in total. The molecule has 4 aliphatic rings. The van der Waals surface area contributed by atoms with Crippen molar-refractivity contribution in [2.45, 2.75) is 12.7 Å². The van der Waals surface area contributed by atoms with Crippen molar-refractivity contribution in [2.24, 2.45) is 15.8 Å². The van der Waals surface area contributed by atoms with Gasteiger partial charge in [0.25, 0.3) is 0 Å². The van der Waals surface area contributed by atoms with Crippen LogP contribution in [0.5, 0.6) is 5.75 Å². The third-order valence-corrected chi connectivity index (χ3v) is 6.97. The molecule has 1 atom stereocenters. The van der Waals surface area contributed by atoms with Gasteiger partial charge in [0, 0.05) is 33.2 Å². The Morgan fingerprint density at radius 3 is 2.72 bits per heavy atom. The summed E-state index contributed by atoms with van der Waals surface area (Å²) in [4.78, 5) is 26.6. The van der Waals surface area contributed by atoms with Crippen LogP contribution in [-0.4, -0.2) is 89.7 Å². The van der Waals surface area contributed by atoms with E-state index in [4.69, 9.17) is 20.0 Å². The first kappa shape index (κ1) is 22.4. The molecule has 36 heavy (non-hydrogen) atoms. The molecule has 0 saturated carbocycles. The third kappa shape index (κ3) is 3.64. The molecule has 5 heterocycles. The van der Waals surface area contributed by atoms with Crippen molar-refractivity contribution in [1.82, 2.24) is 24.8 Å². The van der Waals surface area contributed by atoms with Crippen LogP contribution < -0.4 is 10.6 Å². The standard InChI is InChI=1S/C25H28N8O3/c1-29-25(34)31(14-13-30-11-9-18(10-12-30)17-5-7-19(35-2)8-6-17)24-28-23-22(33(24)29)21(27-16-32(23)26)20-4-3-15-36-20/h3-9,15-16,24H,10-14,26H2,1-2H3. The number of nitrogens with two attached hydrogens (primary N) is 1. The fourth-order valence-corrected chi connectivity index (χ4v) is 5.00. The predicted octanol–water partition coefficient (Wildman–Crippen LogP) is 2.24. The minimum Gasteiger partial charge on any atom is -0.497 e. The lowest BCUT2D eigenvalue weighted by molar-refractivity contribution is 0.0846. The van der Waals surface area contributed by atoms with Crippen LogP contribution in [-0.2, 0) is 0 Å². The molecule has 0 aliphatic carbocycles. The van der Waals surface area contributed by atoms with Crippen molar-refractivity contribution in [1.29, 1.82) is 0 Å².